The van der Waals surface area contributed by atoms with Gasteiger partial charge in [-0.25, -0.2) is 0 Å². The minimum Gasteiger partial charge on any atom is -0.394 e. The summed E-state index contributed by atoms with van der Waals surface area (Å²) in [5.41, 5.74) is -0.606. The second kappa shape index (κ2) is 6.46. The summed E-state index contributed by atoms with van der Waals surface area (Å²) in [6.07, 6.45) is 2.75. The lowest BCUT2D eigenvalue weighted by molar-refractivity contribution is -0.183. The first-order valence-corrected chi connectivity index (χ1v) is 8.59. The normalized spacial score (nSPS) is 34.9. The molecule has 2 rings (SSSR count). The van der Waals surface area contributed by atoms with Gasteiger partial charge in [-0.1, -0.05) is 13.8 Å². The number of aliphatic hydroxyl groups is 1. The molecule has 1 amide bonds. The van der Waals surface area contributed by atoms with Crippen molar-refractivity contribution in [2.75, 3.05) is 19.8 Å². The van der Waals surface area contributed by atoms with E-state index in [1.807, 2.05) is 11.8 Å². The quantitative estimate of drug-likeness (QED) is 0.781. The van der Waals surface area contributed by atoms with E-state index in [4.69, 9.17) is 4.74 Å². The van der Waals surface area contributed by atoms with Crippen LogP contribution in [-0.4, -0.2) is 59.4 Å². The van der Waals surface area contributed by atoms with Crippen molar-refractivity contribution < 1.29 is 14.6 Å². The average molecular weight is 312 g/mol. The molecule has 128 valence electrons. The van der Waals surface area contributed by atoms with Crippen LogP contribution in [0.15, 0.2) is 0 Å². The summed E-state index contributed by atoms with van der Waals surface area (Å²) in [5, 5.41) is 13.5. The summed E-state index contributed by atoms with van der Waals surface area (Å²) in [6.45, 7) is 11.9. The van der Waals surface area contributed by atoms with Crippen molar-refractivity contribution in [3.63, 3.8) is 0 Å². The first-order chi connectivity index (χ1) is 10.3. The number of hydrogen-bond acceptors (Lipinski definition) is 4. The van der Waals surface area contributed by atoms with Gasteiger partial charge in [0.1, 0.15) is 0 Å². The molecule has 0 unspecified atom stereocenters. The first kappa shape index (κ1) is 17.7. The van der Waals surface area contributed by atoms with Crippen molar-refractivity contribution in [1.82, 2.24) is 10.2 Å². The maximum absolute atomic E-state index is 12.7. The van der Waals surface area contributed by atoms with Gasteiger partial charge < -0.3 is 14.7 Å². The highest BCUT2D eigenvalue weighted by molar-refractivity contribution is 5.83. The second-order valence-electron chi connectivity index (χ2n) is 7.57. The van der Waals surface area contributed by atoms with Crippen molar-refractivity contribution in [1.29, 1.82) is 0 Å². The molecule has 3 atom stereocenters. The monoisotopic (exact) mass is 312 g/mol. The fraction of sp³-hybridized carbons (Fsp3) is 0.941. The zero-order chi connectivity index (χ0) is 16.5. The number of ether oxygens (including phenoxy) is 1. The molecule has 0 spiro atoms. The Balaban J connectivity index is 2.09. The summed E-state index contributed by atoms with van der Waals surface area (Å²) >= 11 is 0. The number of hydrogen-bond donors (Lipinski definition) is 2. The Labute approximate surface area is 134 Å². The van der Waals surface area contributed by atoms with E-state index in [1.54, 1.807) is 0 Å². The fourth-order valence-electron chi connectivity index (χ4n) is 3.92. The molecule has 5 nitrogen and oxygen atoms in total. The molecule has 2 aliphatic rings. The molecule has 22 heavy (non-hydrogen) atoms. The maximum Gasteiger partial charge on any atom is 0.239 e. The van der Waals surface area contributed by atoms with Crippen LogP contribution < -0.4 is 5.32 Å². The average Bonchev–Trinajstić information content (AvgIpc) is 2.47. The van der Waals surface area contributed by atoms with Crippen LogP contribution in [0.5, 0.6) is 0 Å². The third-order valence-electron chi connectivity index (χ3n) is 5.76. The van der Waals surface area contributed by atoms with Crippen LogP contribution in [0.1, 0.15) is 53.9 Å². The zero-order valence-electron chi connectivity index (χ0n) is 14.7. The van der Waals surface area contributed by atoms with E-state index in [0.717, 1.165) is 25.8 Å². The standard InChI is InChI=1S/C17H32N2O3/c1-6-22-14-10-17(11-20,16(14,4)5)18-13-8-7-9-19(12(2)3)15(13)21/h12-14,18,20H,6-11H2,1-5H3/t13-,14-,17+/m1/s1. The second-order valence-corrected chi connectivity index (χ2v) is 7.57. The molecule has 1 aliphatic heterocycles. The van der Waals surface area contributed by atoms with Gasteiger partial charge in [0.25, 0.3) is 0 Å². The summed E-state index contributed by atoms with van der Waals surface area (Å²) in [5.74, 6) is 0.171. The van der Waals surface area contributed by atoms with Gasteiger partial charge in [-0.2, -0.15) is 0 Å². The number of carbonyl (C=O) groups is 1. The number of nitrogens with one attached hydrogen (secondary N) is 1. The van der Waals surface area contributed by atoms with Gasteiger partial charge in [-0.3, -0.25) is 10.1 Å². The van der Waals surface area contributed by atoms with E-state index in [0.29, 0.717) is 6.61 Å². The zero-order valence-corrected chi connectivity index (χ0v) is 14.7. The number of amides is 1. The van der Waals surface area contributed by atoms with E-state index in [-0.39, 0.29) is 36.1 Å². The number of aliphatic hydroxyl groups excluding tert-OH is 1. The summed E-state index contributed by atoms with van der Waals surface area (Å²) < 4.78 is 5.78. The smallest absolute Gasteiger partial charge is 0.239 e. The van der Waals surface area contributed by atoms with Gasteiger partial charge in [-0.05, 0) is 40.0 Å². The first-order valence-electron chi connectivity index (χ1n) is 8.59. The van der Waals surface area contributed by atoms with Crippen molar-refractivity contribution in [2.45, 2.75) is 77.6 Å². The lowest BCUT2D eigenvalue weighted by Crippen LogP contribution is -2.76. The molecule has 1 saturated carbocycles. The number of nitrogens with zero attached hydrogens (tertiary/aromatic N) is 1. The molecule has 2 N–H and O–H groups in total. The van der Waals surface area contributed by atoms with Crippen LogP contribution in [0.25, 0.3) is 0 Å². The largest absolute Gasteiger partial charge is 0.394 e. The van der Waals surface area contributed by atoms with E-state index >= 15 is 0 Å². The van der Waals surface area contributed by atoms with Gasteiger partial charge >= 0.3 is 0 Å². The molecule has 0 bridgehead atoms. The number of likely N-dealkylation sites (tertiary alicyclic amines) is 1. The van der Waals surface area contributed by atoms with Crippen molar-refractivity contribution in [3.05, 3.63) is 0 Å². The lowest BCUT2D eigenvalue weighted by Gasteiger charge is -2.62. The molecule has 0 radical (unpaired) electrons. The Bertz CT molecular complexity index is 411. The molecule has 1 aliphatic carbocycles. The predicted molar refractivity (Wildman–Crippen MR) is 86.6 cm³/mol. The van der Waals surface area contributed by atoms with Crippen molar-refractivity contribution >= 4 is 5.91 Å². The SMILES string of the molecule is CCO[C@@H]1C[C@@](CO)(N[C@@H]2CCCN(C(C)C)C2=O)C1(C)C. The molecule has 1 heterocycles. The Morgan fingerprint density at radius 3 is 2.64 bits per heavy atom. The summed E-state index contributed by atoms with van der Waals surface area (Å²) in [6, 6.07) is 0.0397. The molecule has 0 aromatic rings. The van der Waals surface area contributed by atoms with Crippen LogP contribution in [0.3, 0.4) is 0 Å². The van der Waals surface area contributed by atoms with E-state index < -0.39 is 5.54 Å². The number of carbonyl (C=O) groups excluding carboxylic acids is 1. The van der Waals surface area contributed by atoms with Gasteiger partial charge in [-0.15, -0.1) is 0 Å². The van der Waals surface area contributed by atoms with E-state index in [2.05, 4.69) is 33.0 Å². The molecule has 0 aromatic heterocycles. The topological polar surface area (TPSA) is 61.8 Å². The highest BCUT2D eigenvalue weighted by Crippen LogP contribution is 2.51. The molecular weight excluding hydrogens is 280 g/mol. The van der Waals surface area contributed by atoms with Crippen LogP contribution in [0, 0.1) is 5.41 Å². The summed E-state index contributed by atoms with van der Waals surface area (Å²) in [4.78, 5) is 14.6. The third-order valence-corrected chi connectivity index (χ3v) is 5.76. The molecule has 2 fully saturated rings. The molecular formula is C17H32N2O3. The Hall–Kier alpha value is -0.650. The van der Waals surface area contributed by atoms with Crippen LogP contribution in [-0.2, 0) is 9.53 Å². The molecule has 0 aromatic carbocycles. The molecule has 1 saturated heterocycles. The predicted octanol–water partition coefficient (Wildman–Crippen LogP) is 1.54. The van der Waals surface area contributed by atoms with Crippen LogP contribution >= 0.6 is 0 Å². The Morgan fingerprint density at radius 2 is 2.14 bits per heavy atom. The Kier molecular flexibility index (Phi) is 5.20. The van der Waals surface area contributed by atoms with Crippen molar-refractivity contribution in [3.8, 4) is 0 Å². The number of piperidine rings is 1. The van der Waals surface area contributed by atoms with Gasteiger partial charge in [0.05, 0.1) is 24.3 Å². The Morgan fingerprint density at radius 1 is 1.45 bits per heavy atom. The minimum atomic E-state index is -0.423. The highest BCUT2D eigenvalue weighted by Gasteiger charge is 2.61. The number of rotatable bonds is 6. The maximum atomic E-state index is 12.7. The highest BCUT2D eigenvalue weighted by atomic mass is 16.5. The lowest BCUT2D eigenvalue weighted by atomic mass is 9.54. The van der Waals surface area contributed by atoms with Crippen LogP contribution in [0.2, 0.25) is 0 Å². The fourth-order valence-corrected chi connectivity index (χ4v) is 3.92. The van der Waals surface area contributed by atoms with Gasteiger partial charge in [0, 0.05) is 24.6 Å². The third kappa shape index (κ3) is 2.79. The van der Waals surface area contributed by atoms with Gasteiger partial charge in [0.15, 0.2) is 0 Å². The van der Waals surface area contributed by atoms with E-state index in [1.165, 1.54) is 0 Å². The minimum absolute atomic E-state index is 0.0367. The molecule has 5 heteroatoms. The summed E-state index contributed by atoms with van der Waals surface area (Å²) in [7, 11) is 0. The van der Waals surface area contributed by atoms with Gasteiger partial charge in [0.2, 0.25) is 5.91 Å². The van der Waals surface area contributed by atoms with Crippen LogP contribution in [0.4, 0.5) is 0 Å². The van der Waals surface area contributed by atoms with Crippen molar-refractivity contribution in [2.24, 2.45) is 5.41 Å². The van der Waals surface area contributed by atoms with E-state index in [9.17, 15) is 9.90 Å².